The molecule has 0 unspecified atom stereocenters. The first-order valence-corrected chi connectivity index (χ1v) is 5.44. The molecule has 1 aromatic carbocycles. The second-order valence-corrected chi connectivity index (χ2v) is 3.87. The van der Waals surface area contributed by atoms with Gasteiger partial charge in [0.25, 0.3) is 0 Å². The van der Waals surface area contributed by atoms with E-state index >= 15 is 0 Å². The average Bonchev–Trinajstić information content (AvgIpc) is 2.40. The minimum absolute atomic E-state index is 0.402. The van der Waals surface area contributed by atoms with Gasteiger partial charge in [0, 0.05) is 11.2 Å². The number of nitrogens with one attached hydrogen (secondary N) is 1. The maximum Gasteiger partial charge on any atom is 0.148 e. The average molecular weight is 255 g/mol. The van der Waals surface area contributed by atoms with Crippen molar-refractivity contribution in [2.24, 2.45) is 0 Å². The van der Waals surface area contributed by atoms with E-state index in [-0.39, 0.29) is 0 Å². The first-order valence-electron chi connectivity index (χ1n) is 5.06. The van der Waals surface area contributed by atoms with Crippen LogP contribution in [-0.2, 0) is 0 Å². The van der Waals surface area contributed by atoms with Crippen LogP contribution >= 0.6 is 11.6 Å². The molecule has 0 amide bonds. The molecule has 0 saturated heterocycles. The molecule has 0 radical (unpaired) electrons. The van der Waals surface area contributed by atoms with E-state index < -0.39 is 0 Å². The Hall–Kier alpha value is -2.56. The van der Waals surface area contributed by atoms with E-state index in [9.17, 15) is 0 Å². The molecule has 0 spiro atoms. The Morgan fingerprint density at radius 3 is 2.61 bits per heavy atom. The van der Waals surface area contributed by atoms with Crippen LogP contribution in [0.2, 0.25) is 5.02 Å². The smallest absolute Gasteiger partial charge is 0.148 e. The van der Waals surface area contributed by atoms with Crippen molar-refractivity contribution in [3.8, 4) is 12.1 Å². The molecule has 4 nitrogen and oxygen atoms in total. The largest absolute Gasteiger partial charge is 0.338 e. The summed E-state index contributed by atoms with van der Waals surface area (Å²) >= 11 is 5.88. The normalized spacial score (nSPS) is 9.28. The summed E-state index contributed by atoms with van der Waals surface area (Å²) in [6.45, 7) is 0. The number of pyridine rings is 1. The fourth-order valence-electron chi connectivity index (χ4n) is 1.44. The Kier molecular flexibility index (Phi) is 3.43. The van der Waals surface area contributed by atoms with Gasteiger partial charge in [-0.25, -0.2) is 4.98 Å². The monoisotopic (exact) mass is 254 g/mol. The van der Waals surface area contributed by atoms with Gasteiger partial charge in [-0.3, -0.25) is 0 Å². The molecule has 86 valence electrons. The Morgan fingerprint density at radius 1 is 1.11 bits per heavy atom. The summed E-state index contributed by atoms with van der Waals surface area (Å²) in [5.41, 5.74) is 1.37. The Bertz CT molecular complexity index is 667. The molecule has 0 saturated carbocycles. The number of rotatable bonds is 2. The number of hydrogen-bond acceptors (Lipinski definition) is 4. The summed E-state index contributed by atoms with van der Waals surface area (Å²) in [7, 11) is 0. The van der Waals surface area contributed by atoms with E-state index in [0.29, 0.717) is 27.7 Å². The van der Waals surface area contributed by atoms with Crippen LogP contribution in [0.3, 0.4) is 0 Å². The fourth-order valence-corrected chi connectivity index (χ4v) is 1.61. The van der Waals surface area contributed by atoms with Gasteiger partial charge in [-0.15, -0.1) is 0 Å². The molecule has 0 atom stereocenters. The molecule has 0 aliphatic heterocycles. The van der Waals surface area contributed by atoms with Gasteiger partial charge in [-0.2, -0.15) is 10.5 Å². The molecule has 18 heavy (non-hydrogen) atoms. The highest BCUT2D eigenvalue weighted by atomic mass is 35.5. The summed E-state index contributed by atoms with van der Waals surface area (Å²) in [5, 5.41) is 21.4. The zero-order valence-electron chi connectivity index (χ0n) is 9.18. The van der Waals surface area contributed by atoms with Crippen LogP contribution in [-0.4, -0.2) is 4.98 Å². The highest BCUT2D eigenvalue weighted by Gasteiger charge is 2.07. The van der Waals surface area contributed by atoms with Crippen LogP contribution in [0.5, 0.6) is 0 Å². The predicted octanol–water partition coefficient (Wildman–Crippen LogP) is 3.22. The second-order valence-electron chi connectivity index (χ2n) is 3.44. The molecule has 0 fully saturated rings. The van der Waals surface area contributed by atoms with Crippen molar-refractivity contribution in [2.75, 3.05) is 5.32 Å². The lowest BCUT2D eigenvalue weighted by molar-refractivity contribution is 1.28. The SMILES string of the molecule is N#Cc1ccc(Cl)cc1Nc1ncccc1C#N. The summed E-state index contributed by atoms with van der Waals surface area (Å²) in [4.78, 5) is 4.06. The highest BCUT2D eigenvalue weighted by molar-refractivity contribution is 6.30. The minimum Gasteiger partial charge on any atom is -0.338 e. The summed E-state index contributed by atoms with van der Waals surface area (Å²) in [5.74, 6) is 0.402. The third-order valence-electron chi connectivity index (χ3n) is 2.28. The number of anilines is 2. The number of nitriles is 2. The van der Waals surface area contributed by atoms with Crippen molar-refractivity contribution in [3.05, 3.63) is 52.7 Å². The standard InChI is InChI=1S/C13H7ClN4/c14-11-4-3-9(7-15)12(6-11)18-13-10(8-16)2-1-5-17-13/h1-6H,(H,17,18). The topological polar surface area (TPSA) is 72.5 Å². The van der Waals surface area contributed by atoms with Crippen LogP contribution in [0.15, 0.2) is 36.5 Å². The lowest BCUT2D eigenvalue weighted by Gasteiger charge is -2.08. The van der Waals surface area contributed by atoms with E-state index in [1.165, 1.54) is 0 Å². The lowest BCUT2D eigenvalue weighted by Crippen LogP contribution is -1.98. The van der Waals surface area contributed by atoms with Crippen molar-refractivity contribution in [2.45, 2.75) is 0 Å². The first-order chi connectivity index (χ1) is 8.74. The molecule has 1 N–H and O–H groups in total. The van der Waals surface area contributed by atoms with E-state index in [0.717, 1.165) is 0 Å². The molecule has 2 rings (SSSR count). The maximum atomic E-state index is 9.00. The van der Waals surface area contributed by atoms with E-state index in [1.54, 1.807) is 36.5 Å². The van der Waals surface area contributed by atoms with E-state index in [1.807, 2.05) is 12.1 Å². The molecule has 0 aliphatic rings. The molecular formula is C13H7ClN4. The van der Waals surface area contributed by atoms with Crippen molar-refractivity contribution >= 4 is 23.1 Å². The second kappa shape index (κ2) is 5.18. The zero-order chi connectivity index (χ0) is 13.0. The fraction of sp³-hybridized carbons (Fsp3) is 0. The van der Waals surface area contributed by atoms with Crippen LogP contribution < -0.4 is 5.32 Å². The number of nitrogens with zero attached hydrogens (tertiary/aromatic N) is 3. The first kappa shape index (κ1) is 11.9. The molecule has 5 heteroatoms. The summed E-state index contributed by atoms with van der Waals surface area (Å²) in [6, 6.07) is 12.3. The van der Waals surface area contributed by atoms with Crippen molar-refractivity contribution in [3.63, 3.8) is 0 Å². The summed E-state index contributed by atoms with van der Waals surface area (Å²) in [6.07, 6.45) is 1.57. The third-order valence-corrected chi connectivity index (χ3v) is 2.52. The molecule has 0 aliphatic carbocycles. The Balaban J connectivity index is 2.44. The van der Waals surface area contributed by atoms with Crippen molar-refractivity contribution < 1.29 is 0 Å². The molecule has 2 aromatic rings. The number of hydrogen-bond donors (Lipinski definition) is 1. The quantitative estimate of drug-likeness (QED) is 0.893. The number of halogens is 1. The van der Waals surface area contributed by atoms with Crippen LogP contribution in [0.25, 0.3) is 0 Å². The number of benzene rings is 1. The maximum absolute atomic E-state index is 9.00. The van der Waals surface area contributed by atoms with Crippen LogP contribution in [0.1, 0.15) is 11.1 Å². The van der Waals surface area contributed by atoms with Gasteiger partial charge in [0.2, 0.25) is 0 Å². The van der Waals surface area contributed by atoms with E-state index in [4.69, 9.17) is 22.1 Å². The van der Waals surface area contributed by atoms with Gasteiger partial charge >= 0.3 is 0 Å². The molecule has 1 aromatic heterocycles. The lowest BCUT2D eigenvalue weighted by atomic mass is 10.2. The number of aromatic nitrogens is 1. The van der Waals surface area contributed by atoms with Crippen molar-refractivity contribution in [1.82, 2.24) is 4.98 Å². The van der Waals surface area contributed by atoms with Crippen molar-refractivity contribution in [1.29, 1.82) is 10.5 Å². The predicted molar refractivity (Wildman–Crippen MR) is 68.4 cm³/mol. The van der Waals surface area contributed by atoms with E-state index in [2.05, 4.69) is 10.3 Å². The molecular weight excluding hydrogens is 248 g/mol. The molecule has 0 bridgehead atoms. The third kappa shape index (κ3) is 2.40. The summed E-state index contributed by atoms with van der Waals surface area (Å²) < 4.78 is 0. The minimum atomic E-state index is 0.402. The van der Waals surface area contributed by atoms with Gasteiger partial charge in [0.15, 0.2) is 0 Å². The van der Waals surface area contributed by atoms with Gasteiger partial charge in [0.05, 0.1) is 16.8 Å². The van der Waals surface area contributed by atoms with Crippen LogP contribution in [0.4, 0.5) is 11.5 Å². The van der Waals surface area contributed by atoms with Gasteiger partial charge < -0.3 is 5.32 Å². The van der Waals surface area contributed by atoms with Gasteiger partial charge in [-0.1, -0.05) is 11.6 Å². The molecule has 1 heterocycles. The van der Waals surface area contributed by atoms with Gasteiger partial charge in [-0.05, 0) is 30.3 Å². The highest BCUT2D eigenvalue weighted by Crippen LogP contribution is 2.24. The van der Waals surface area contributed by atoms with Gasteiger partial charge in [0.1, 0.15) is 18.0 Å². The zero-order valence-corrected chi connectivity index (χ0v) is 9.94. The Morgan fingerprint density at radius 2 is 1.89 bits per heavy atom. The Labute approximate surface area is 109 Å². The van der Waals surface area contributed by atoms with Crippen LogP contribution in [0, 0.1) is 22.7 Å².